The number of aliphatic hydroxyl groups is 2. The molecule has 2 N–H and O–H groups in total. The van der Waals surface area contributed by atoms with Crippen molar-refractivity contribution in [2.45, 2.75) is 167 Å². The minimum atomic E-state index is -1.30. The fraction of sp³-hybridized carbons (Fsp3) is 0.848. The van der Waals surface area contributed by atoms with Gasteiger partial charge in [0.05, 0.1) is 50.2 Å². The van der Waals surface area contributed by atoms with Crippen LogP contribution in [0.15, 0.2) is 34.9 Å². The van der Waals surface area contributed by atoms with E-state index in [4.69, 9.17) is 28.4 Å². The van der Waals surface area contributed by atoms with Gasteiger partial charge in [0.1, 0.15) is 6.10 Å². The lowest BCUT2D eigenvalue weighted by atomic mass is 9.76. The molecule has 14 unspecified atom stereocenters. The van der Waals surface area contributed by atoms with E-state index >= 15 is 0 Å². The summed E-state index contributed by atoms with van der Waals surface area (Å²) >= 11 is 0. The van der Waals surface area contributed by atoms with Crippen LogP contribution in [0.3, 0.4) is 0 Å². The quantitative estimate of drug-likeness (QED) is 0.200. The van der Waals surface area contributed by atoms with E-state index in [0.29, 0.717) is 50.7 Å². The van der Waals surface area contributed by atoms with Gasteiger partial charge in [0.25, 0.3) is 0 Å². The molecule has 3 heterocycles. The van der Waals surface area contributed by atoms with Gasteiger partial charge in [-0.2, -0.15) is 0 Å². The summed E-state index contributed by atoms with van der Waals surface area (Å²) in [5, 5.41) is 24.1. The van der Waals surface area contributed by atoms with E-state index in [-0.39, 0.29) is 65.7 Å². The number of fused-ring (bicyclic) bond motifs is 4. The van der Waals surface area contributed by atoms with E-state index < -0.39 is 11.9 Å². The predicted molar refractivity (Wildman–Crippen MR) is 219 cm³/mol. The van der Waals surface area contributed by atoms with E-state index in [1.54, 1.807) is 21.3 Å². The highest BCUT2D eigenvalue weighted by Gasteiger charge is 2.54. The average Bonchev–Trinajstić information content (AvgIpc) is 3.91. The topological polar surface area (TPSA) is 116 Å². The Morgan fingerprint density at radius 3 is 2.39 bits per heavy atom. The fourth-order valence-electron chi connectivity index (χ4n) is 10.8. The Morgan fingerprint density at radius 2 is 1.71 bits per heavy atom. The predicted octanol–water partition coefficient (Wildman–Crippen LogP) is 7.41. The first-order chi connectivity index (χ1) is 26.7. The van der Waals surface area contributed by atoms with Gasteiger partial charge in [0.2, 0.25) is 0 Å². The van der Waals surface area contributed by atoms with Crippen LogP contribution < -0.4 is 0 Å². The maximum atomic E-state index is 12.6. The highest BCUT2D eigenvalue weighted by molar-refractivity contribution is 5.75. The number of carbonyl (C=O) groups is 1. The second kappa shape index (κ2) is 20.1. The molecule has 0 radical (unpaired) electrons. The Hall–Kier alpha value is -1.63. The van der Waals surface area contributed by atoms with Crippen molar-refractivity contribution < 1.29 is 43.4 Å². The summed E-state index contributed by atoms with van der Waals surface area (Å²) in [6.07, 6.45) is 15.5. The molecule has 0 aromatic carbocycles. The molecule has 14 atom stereocenters. The van der Waals surface area contributed by atoms with Gasteiger partial charge in [-0.3, -0.25) is 9.69 Å². The van der Waals surface area contributed by atoms with Crippen molar-refractivity contribution in [2.75, 3.05) is 48.1 Å². The number of ether oxygens (including phenoxy) is 6. The molecule has 56 heavy (non-hydrogen) atoms. The van der Waals surface area contributed by atoms with Gasteiger partial charge < -0.3 is 38.6 Å². The lowest BCUT2D eigenvalue weighted by molar-refractivity contribution is -0.324. The lowest BCUT2D eigenvalue weighted by Crippen LogP contribution is -2.58. The molecular weight excluding hydrogens is 711 g/mol. The summed E-state index contributed by atoms with van der Waals surface area (Å²) < 4.78 is 36.9. The Morgan fingerprint density at radius 1 is 0.982 bits per heavy atom. The SMILES string of the molecule is CCC1C=C(C)CC(C)CC(OC)C2OC(O)(CCN3CCCCC3COC(C(C)=CC34C=C3C(OC)C(C(=O)OC)CC4)C(C)C(O)CC1)C(C)CC2OC. The van der Waals surface area contributed by atoms with E-state index in [2.05, 4.69) is 64.7 Å². The molecule has 10 heteroatoms. The number of nitrogens with zero attached hydrogens (tertiary/aromatic N) is 1. The maximum Gasteiger partial charge on any atom is 0.311 e. The number of carbonyl (C=O) groups excluding carboxylic acids is 1. The second-order valence-corrected chi connectivity index (χ2v) is 18.4. The Balaban J connectivity index is 1.42. The molecule has 3 fully saturated rings. The minimum absolute atomic E-state index is 0.101. The first-order valence-corrected chi connectivity index (χ1v) is 21.9. The summed E-state index contributed by atoms with van der Waals surface area (Å²) in [6.45, 7) is 15.3. The van der Waals surface area contributed by atoms with Crippen molar-refractivity contribution in [3.63, 3.8) is 0 Å². The molecule has 0 spiro atoms. The number of aliphatic hydroxyl groups excluding tert-OH is 1. The van der Waals surface area contributed by atoms with Gasteiger partial charge in [-0.1, -0.05) is 57.9 Å². The second-order valence-electron chi connectivity index (χ2n) is 18.4. The fourth-order valence-corrected chi connectivity index (χ4v) is 10.8. The van der Waals surface area contributed by atoms with E-state index in [1.807, 2.05) is 0 Å². The zero-order chi connectivity index (χ0) is 40.8. The largest absolute Gasteiger partial charge is 0.469 e. The van der Waals surface area contributed by atoms with Crippen molar-refractivity contribution in [2.24, 2.45) is 35.0 Å². The zero-order valence-electron chi connectivity index (χ0n) is 36.5. The lowest BCUT2D eigenvalue weighted by Gasteiger charge is -2.48. The van der Waals surface area contributed by atoms with Crippen LogP contribution in [0.5, 0.6) is 0 Å². The highest BCUT2D eigenvalue weighted by atomic mass is 16.7. The monoisotopic (exact) mass is 788 g/mol. The zero-order valence-corrected chi connectivity index (χ0v) is 36.5. The molecule has 5 rings (SSSR count). The first kappa shape index (κ1) is 45.5. The third-order valence-corrected chi connectivity index (χ3v) is 14.4. The average molecular weight is 788 g/mol. The Bertz CT molecular complexity index is 1380. The van der Waals surface area contributed by atoms with Crippen LogP contribution in [0.1, 0.15) is 119 Å². The van der Waals surface area contributed by atoms with Gasteiger partial charge in [0, 0.05) is 57.6 Å². The van der Waals surface area contributed by atoms with Gasteiger partial charge in [-0.15, -0.1) is 0 Å². The van der Waals surface area contributed by atoms with Crippen LogP contribution in [0, 0.1) is 35.0 Å². The van der Waals surface area contributed by atoms with Gasteiger partial charge in [-0.05, 0) is 108 Å². The number of hydrogen-bond donors (Lipinski definition) is 2. The molecule has 2 bridgehead atoms. The molecule has 1 saturated carbocycles. The van der Waals surface area contributed by atoms with Crippen LogP contribution in [0.25, 0.3) is 0 Å². The van der Waals surface area contributed by atoms with Crippen LogP contribution >= 0.6 is 0 Å². The van der Waals surface area contributed by atoms with Crippen LogP contribution in [0.2, 0.25) is 0 Å². The normalized spacial score (nSPS) is 42.6. The molecule has 10 nitrogen and oxygen atoms in total. The van der Waals surface area contributed by atoms with Crippen LogP contribution in [-0.4, -0.2) is 118 Å². The molecule has 2 aliphatic carbocycles. The van der Waals surface area contributed by atoms with Crippen molar-refractivity contribution in [3.8, 4) is 0 Å². The van der Waals surface area contributed by atoms with Gasteiger partial charge in [-0.25, -0.2) is 0 Å². The molecular formula is C46H77NO9. The van der Waals surface area contributed by atoms with E-state index in [0.717, 1.165) is 69.1 Å². The number of allylic oxidation sites excluding steroid dienone is 4. The summed E-state index contributed by atoms with van der Waals surface area (Å²) in [5.41, 5.74) is 3.37. The highest BCUT2D eigenvalue weighted by Crippen LogP contribution is 2.58. The Kier molecular flexibility index (Phi) is 16.3. The standard InChI is InChI=1S/C46H77NO9/c1-11-34-15-16-38(48)33(6)41(31(4)26-45-18-17-36(44(49)54-10)42(53-9)37(45)27-45)55-28-35-14-12-13-20-47(35)21-19-46(50)32(5)25-40(52-8)43(56-46)39(51-7)24-30(3)22-29(2)23-34/h23,26-27,30,32-36,38-43,48,50H,11-22,24-25,28H2,1-10H3. The minimum Gasteiger partial charge on any atom is -0.469 e. The van der Waals surface area contributed by atoms with Crippen LogP contribution in [0.4, 0.5) is 0 Å². The number of methoxy groups -OCH3 is 4. The molecule has 2 saturated heterocycles. The third-order valence-electron chi connectivity index (χ3n) is 14.4. The molecule has 3 aliphatic heterocycles. The van der Waals surface area contributed by atoms with Gasteiger partial charge in [0.15, 0.2) is 5.79 Å². The number of piperidine rings is 1. The molecule has 5 aliphatic rings. The number of hydrogen-bond acceptors (Lipinski definition) is 10. The van der Waals surface area contributed by atoms with Crippen LogP contribution in [-0.2, 0) is 33.2 Å². The molecule has 320 valence electrons. The van der Waals surface area contributed by atoms with Gasteiger partial charge >= 0.3 is 5.97 Å². The maximum absolute atomic E-state index is 12.6. The van der Waals surface area contributed by atoms with Crippen molar-refractivity contribution in [1.82, 2.24) is 4.90 Å². The molecule has 0 aromatic heterocycles. The Labute approximate surface area is 338 Å². The smallest absolute Gasteiger partial charge is 0.311 e. The summed E-state index contributed by atoms with van der Waals surface area (Å²) in [5.74, 6) is -1.33. The first-order valence-electron chi connectivity index (χ1n) is 21.9. The third kappa shape index (κ3) is 10.6. The summed E-state index contributed by atoms with van der Waals surface area (Å²) in [6, 6.07) is 0.189. The van der Waals surface area contributed by atoms with Crippen molar-refractivity contribution >= 4 is 5.97 Å². The molecule has 0 aromatic rings. The van der Waals surface area contributed by atoms with Crippen molar-refractivity contribution in [1.29, 1.82) is 0 Å². The summed E-state index contributed by atoms with van der Waals surface area (Å²) in [7, 11) is 6.61. The number of rotatable bonds is 7. The van der Waals surface area contributed by atoms with E-state index in [9.17, 15) is 15.0 Å². The van der Waals surface area contributed by atoms with Crippen molar-refractivity contribution in [3.05, 3.63) is 34.9 Å². The molecule has 0 amide bonds. The van der Waals surface area contributed by atoms with E-state index in [1.165, 1.54) is 12.7 Å². The summed E-state index contributed by atoms with van der Waals surface area (Å²) in [4.78, 5) is 15.1. The number of esters is 1.